The topological polar surface area (TPSA) is 117 Å². The van der Waals surface area contributed by atoms with Gasteiger partial charge in [0, 0.05) is 13.1 Å². The van der Waals surface area contributed by atoms with E-state index in [0.717, 1.165) is 6.20 Å². The number of amides is 1. The smallest absolute Gasteiger partial charge is 0.287 e. The SMILES string of the molecule is CNC(=O)C(O)CNc1ncc([N+](=O)[O-])cc1C. The van der Waals surface area contributed by atoms with Gasteiger partial charge in [-0.3, -0.25) is 14.9 Å². The first kappa shape index (κ1) is 13.8. The first-order chi connectivity index (χ1) is 8.45. The maximum absolute atomic E-state index is 11.1. The van der Waals surface area contributed by atoms with Crippen LogP contribution in [0.2, 0.25) is 0 Å². The van der Waals surface area contributed by atoms with Crippen molar-refractivity contribution in [3.8, 4) is 0 Å². The number of likely N-dealkylation sites (N-methyl/N-ethyl adjacent to an activating group) is 1. The van der Waals surface area contributed by atoms with Crippen molar-refractivity contribution in [1.82, 2.24) is 10.3 Å². The van der Waals surface area contributed by atoms with Gasteiger partial charge in [0.05, 0.1) is 11.5 Å². The highest BCUT2D eigenvalue weighted by Gasteiger charge is 2.14. The predicted molar refractivity (Wildman–Crippen MR) is 64.2 cm³/mol. The molecule has 18 heavy (non-hydrogen) atoms. The number of anilines is 1. The summed E-state index contributed by atoms with van der Waals surface area (Å²) < 4.78 is 0. The van der Waals surface area contributed by atoms with Crippen molar-refractivity contribution in [2.24, 2.45) is 0 Å². The third kappa shape index (κ3) is 3.39. The summed E-state index contributed by atoms with van der Waals surface area (Å²) in [5.74, 6) is -0.120. The van der Waals surface area contributed by atoms with Crippen molar-refractivity contribution < 1.29 is 14.8 Å². The summed E-state index contributed by atoms with van der Waals surface area (Å²) in [4.78, 5) is 24.9. The number of aryl methyl sites for hydroxylation is 1. The highest BCUT2D eigenvalue weighted by Crippen LogP contribution is 2.17. The highest BCUT2D eigenvalue weighted by atomic mass is 16.6. The Hall–Kier alpha value is -2.22. The molecule has 1 rings (SSSR count). The van der Waals surface area contributed by atoms with Crippen LogP contribution in [0.3, 0.4) is 0 Å². The number of nitro groups is 1. The molecule has 8 heteroatoms. The number of aromatic nitrogens is 1. The normalized spacial score (nSPS) is 11.7. The second kappa shape index (κ2) is 5.92. The number of hydrogen-bond acceptors (Lipinski definition) is 6. The van der Waals surface area contributed by atoms with Gasteiger partial charge < -0.3 is 15.7 Å². The standard InChI is InChI=1S/C10H14N4O4/c1-6-3-7(14(17)18)4-12-9(6)13-5-8(15)10(16)11-2/h3-4,8,15H,5H2,1-2H3,(H,11,16)(H,12,13). The molecule has 1 amide bonds. The number of carbonyl (C=O) groups is 1. The molecular formula is C10H14N4O4. The van der Waals surface area contributed by atoms with Crippen molar-refractivity contribution in [2.75, 3.05) is 18.9 Å². The Morgan fingerprint density at radius 1 is 1.67 bits per heavy atom. The lowest BCUT2D eigenvalue weighted by atomic mass is 10.2. The molecule has 3 N–H and O–H groups in total. The number of hydrogen-bond donors (Lipinski definition) is 3. The molecule has 1 aromatic heterocycles. The second-order valence-corrected chi connectivity index (χ2v) is 3.63. The Balaban J connectivity index is 2.69. The molecule has 0 aliphatic rings. The van der Waals surface area contributed by atoms with Crippen LogP contribution in [-0.2, 0) is 4.79 Å². The highest BCUT2D eigenvalue weighted by molar-refractivity contribution is 5.80. The summed E-state index contributed by atoms with van der Waals surface area (Å²) in [5, 5.41) is 25.0. The van der Waals surface area contributed by atoms with E-state index in [4.69, 9.17) is 0 Å². The van der Waals surface area contributed by atoms with E-state index >= 15 is 0 Å². The van der Waals surface area contributed by atoms with Gasteiger partial charge in [0.25, 0.3) is 5.69 Å². The number of carbonyl (C=O) groups excluding carboxylic acids is 1. The Morgan fingerprint density at radius 3 is 2.83 bits per heavy atom. The van der Waals surface area contributed by atoms with Crippen molar-refractivity contribution in [3.05, 3.63) is 27.9 Å². The van der Waals surface area contributed by atoms with E-state index in [9.17, 15) is 20.0 Å². The molecule has 1 atom stereocenters. The molecule has 8 nitrogen and oxygen atoms in total. The van der Waals surface area contributed by atoms with E-state index in [1.54, 1.807) is 6.92 Å². The lowest BCUT2D eigenvalue weighted by molar-refractivity contribution is -0.385. The molecule has 0 saturated heterocycles. The van der Waals surface area contributed by atoms with E-state index in [1.807, 2.05) is 0 Å². The maximum atomic E-state index is 11.1. The van der Waals surface area contributed by atoms with Gasteiger partial charge >= 0.3 is 0 Å². The van der Waals surface area contributed by atoms with Gasteiger partial charge in [-0.2, -0.15) is 0 Å². The van der Waals surface area contributed by atoms with Crippen LogP contribution in [0, 0.1) is 17.0 Å². The summed E-state index contributed by atoms with van der Waals surface area (Å²) in [7, 11) is 1.42. The summed E-state index contributed by atoms with van der Waals surface area (Å²) in [6.45, 7) is 1.62. The Morgan fingerprint density at radius 2 is 2.33 bits per heavy atom. The average molecular weight is 254 g/mol. The molecule has 0 fully saturated rings. The lowest BCUT2D eigenvalue weighted by Gasteiger charge is -2.12. The molecule has 1 unspecified atom stereocenters. The Kier molecular flexibility index (Phi) is 4.55. The van der Waals surface area contributed by atoms with Crippen LogP contribution in [0.1, 0.15) is 5.56 Å². The number of pyridine rings is 1. The van der Waals surface area contributed by atoms with Crippen LogP contribution in [0.4, 0.5) is 11.5 Å². The Labute approximate surface area is 103 Å². The average Bonchev–Trinajstić information content (AvgIpc) is 2.35. The fourth-order valence-corrected chi connectivity index (χ4v) is 1.30. The van der Waals surface area contributed by atoms with Gasteiger partial charge in [-0.15, -0.1) is 0 Å². The van der Waals surface area contributed by atoms with Crippen LogP contribution >= 0.6 is 0 Å². The van der Waals surface area contributed by atoms with E-state index in [0.29, 0.717) is 11.4 Å². The van der Waals surface area contributed by atoms with E-state index in [-0.39, 0.29) is 12.2 Å². The van der Waals surface area contributed by atoms with Crippen molar-refractivity contribution in [2.45, 2.75) is 13.0 Å². The van der Waals surface area contributed by atoms with Crippen LogP contribution in [0.25, 0.3) is 0 Å². The number of rotatable bonds is 5. The van der Waals surface area contributed by atoms with Gasteiger partial charge in [0.1, 0.15) is 18.1 Å². The lowest BCUT2D eigenvalue weighted by Crippen LogP contribution is -2.36. The zero-order valence-electron chi connectivity index (χ0n) is 10.0. The van der Waals surface area contributed by atoms with Crippen LogP contribution in [-0.4, -0.2) is 40.6 Å². The zero-order valence-corrected chi connectivity index (χ0v) is 10.0. The van der Waals surface area contributed by atoms with E-state index in [1.165, 1.54) is 13.1 Å². The molecule has 0 saturated carbocycles. The van der Waals surface area contributed by atoms with Crippen LogP contribution in [0.5, 0.6) is 0 Å². The molecule has 0 aliphatic heterocycles. The maximum Gasteiger partial charge on any atom is 0.287 e. The minimum absolute atomic E-state index is 0.0225. The summed E-state index contributed by atoms with van der Waals surface area (Å²) >= 11 is 0. The molecule has 0 spiro atoms. The zero-order chi connectivity index (χ0) is 13.7. The minimum atomic E-state index is -1.20. The molecule has 1 aromatic rings. The molecule has 0 aliphatic carbocycles. The monoisotopic (exact) mass is 254 g/mol. The first-order valence-electron chi connectivity index (χ1n) is 5.20. The predicted octanol–water partition coefficient (Wildman–Crippen LogP) is -0.183. The molecule has 0 radical (unpaired) electrons. The van der Waals surface area contributed by atoms with Crippen molar-refractivity contribution >= 4 is 17.4 Å². The van der Waals surface area contributed by atoms with Gasteiger partial charge in [0.2, 0.25) is 5.91 Å². The van der Waals surface area contributed by atoms with E-state index in [2.05, 4.69) is 15.6 Å². The molecule has 1 heterocycles. The summed E-state index contributed by atoms with van der Waals surface area (Å²) in [6, 6.07) is 1.36. The molecule has 98 valence electrons. The fraction of sp³-hybridized carbons (Fsp3) is 0.400. The van der Waals surface area contributed by atoms with Crippen LogP contribution < -0.4 is 10.6 Å². The number of aliphatic hydroxyl groups excluding tert-OH is 1. The van der Waals surface area contributed by atoms with Gasteiger partial charge in [0.15, 0.2) is 0 Å². The fourth-order valence-electron chi connectivity index (χ4n) is 1.30. The first-order valence-corrected chi connectivity index (χ1v) is 5.20. The number of nitrogens with one attached hydrogen (secondary N) is 2. The summed E-state index contributed by atoms with van der Waals surface area (Å²) in [5.41, 5.74) is 0.457. The molecule has 0 bridgehead atoms. The van der Waals surface area contributed by atoms with Crippen molar-refractivity contribution in [1.29, 1.82) is 0 Å². The van der Waals surface area contributed by atoms with Gasteiger partial charge in [-0.1, -0.05) is 0 Å². The quantitative estimate of drug-likeness (QED) is 0.495. The molecule has 0 aromatic carbocycles. The van der Waals surface area contributed by atoms with Crippen LogP contribution in [0.15, 0.2) is 12.3 Å². The van der Waals surface area contributed by atoms with Gasteiger partial charge in [-0.25, -0.2) is 4.98 Å². The third-order valence-electron chi connectivity index (χ3n) is 2.29. The Bertz CT molecular complexity index is 463. The second-order valence-electron chi connectivity index (χ2n) is 3.63. The van der Waals surface area contributed by atoms with Crippen molar-refractivity contribution in [3.63, 3.8) is 0 Å². The number of aliphatic hydroxyl groups is 1. The molecular weight excluding hydrogens is 240 g/mol. The summed E-state index contributed by atoms with van der Waals surface area (Å²) in [6.07, 6.45) is -0.0897. The third-order valence-corrected chi connectivity index (χ3v) is 2.29. The van der Waals surface area contributed by atoms with Gasteiger partial charge in [-0.05, 0) is 12.5 Å². The van der Waals surface area contributed by atoms with E-state index < -0.39 is 16.9 Å². The minimum Gasteiger partial charge on any atom is -0.381 e. The largest absolute Gasteiger partial charge is 0.381 e. The number of nitrogens with zero attached hydrogens (tertiary/aromatic N) is 2.